The van der Waals surface area contributed by atoms with Crippen LogP contribution in [0.25, 0.3) is 0 Å². The molecule has 2 N–H and O–H groups in total. The van der Waals surface area contributed by atoms with E-state index < -0.39 is 12.0 Å². The van der Waals surface area contributed by atoms with Gasteiger partial charge < -0.3 is 9.84 Å². The van der Waals surface area contributed by atoms with E-state index in [0.29, 0.717) is 13.0 Å². The van der Waals surface area contributed by atoms with Crippen molar-refractivity contribution >= 4 is 11.9 Å². The molecule has 5 nitrogen and oxygen atoms in total. The highest BCUT2D eigenvalue weighted by Gasteiger charge is 2.18. The van der Waals surface area contributed by atoms with Crippen LogP contribution in [0.3, 0.4) is 0 Å². The average Bonchev–Trinajstić information content (AvgIpc) is 2.12. The molecule has 0 bridgehead atoms. The molecule has 0 saturated heterocycles. The second kappa shape index (κ2) is 7.32. The molecule has 82 valence electrons. The van der Waals surface area contributed by atoms with Gasteiger partial charge in [-0.05, 0) is 13.3 Å². The second-order valence-electron chi connectivity index (χ2n) is 2.87. The van der Waals surface area contributed by atoms with Crippen molar-refractivity contribution < 1.29 is 19.4 Å². The van der Waals surface area contributed by atoms with Crippen molar-refractivity contribution in [2.75, 3.05) is 13.2 Å². The van der Waals surface area contributed by atoms with Crippen LogP contribution in [0.5, 0.6) is 0 Å². The first-order valence-electron chi connectivity index (χ1n) is 4.73. The molecule has 0 radical (unpaired) electrons. The summed E-state index contributed by atoms with van der Waals surface area (Å²) in [6.45, 7) is 3.74. The summed E-state index contributed by atoms with van der Waals surface area (Å²) in [6.07, 6.45) is 1.39. The molecule has 0 aromatic carbocycles. The molecule has 0 aliphatic carbocycles. The fourth-order valence-electron chi connectivity index (χ4n) is 1.05. The molecule has 14 heavy (non-hydrogen) atoms. The largest absolute Gasteiger partial charge is 0.480 e. The van der Waals surface area contributed by atoms with E-state index in [4.69, 9.17) is 9.84 Å². The Hall–Kier alpha value is -1.10. The van der Waals surface area contributed by atoms with Crippen molar-refractivity contribution in [1.29, 1.82) is 0 Å². The fourth-order valence-corrected chi connectivity index (χ4v) is 1.05. The maximum absolute atomic E-state index is 11.3. The van der Waals surface area contributed by atoms with Gasteiger partial charge in [0.05, 0.1) is 13.2 Å². The zero-order valence-electron chi connectivity index (χ0n) is 8.58. The van der Waals surface area contributed by atoms with E-state index in [1.165, 1.54) is 0 Å². The molecule has 0 aliphatic rings. The summed E-state index contributed by atoms with van der Waals surface area (Å²) in [5.74, 6) is -1.36. The highest BCUT2D eigenvalue weighted by atomic mass is 16.5. The molecule has 0 fully saturated rings. The first kappa shape index (κ1) is 12.9. The predicted molar refractivity (Wildman–Crippen MR) is 51.0 cm³/mol. The van der Waals surface area contributed by atoms with Crippen LogP contribution in [-0.2, 0) is 14.3 Å². The highest BCUT2D eigenvalue weighted by Crippen LogP contribution is 1.99. The van der Waals surface area contributed by atoms with Crippen molar-refractivity contribution in [1.82, 2.24) is 5.32 Å². The number of hydrogen-bond donors (Lipinski definition) is 2. The minimum absolute atomic E-state index is 0.219. The Kier molecular flexibility index (Phi) is 6.74. The number of carbonyl (C=O) groups excluding carboxylic acids is 1. The zero-order valence-corrected chi connectivity index (χ0v) is 8.58. The summed E-state index contributed by atoms with van der Waals surface area (Å²) < 4.78 is 4.79. The highest BCUT2D eigenvalue weighted by molar-refractivity contribution is 5.77. The zero-order chi connectivity index (χ0) is 11.0. The minimum atomic E-state index is -0.976. The SMILES string of the molecule is CCC[C@H](NCC(=O)O)C(=O)OCC. The van der Waals surface area contributed by atoms with Crippen LogP contribution in [0.2, 0.25) is 0 Å². The normalized spacial score (nSPS) is 12.1. The number of carboxylic acid groups (broad SMARTS) is 1. The molecular formula is C9H17NO4. The number of nitrogens with one attached hydrogen (secondary N) is 1. The Morgan fingerprint density at radius 3 is 2.50 bits per heavy atom. The van der Waals surface area contributed by atoms with Gasteiger partial charge in [-0.2, -0.15) is 0 Å². The van der Waals surface area contributed by atoms with E-state index >= 15 is 0 Å². The maximum Gasteiger partial charge on any atom is 0.323 e. The van der Waals surface area contributed by atoms with Crippen molar-refractivity contribution in [2.24, 2.45) is 0 Å². The van der Waals surface area contributed by atoms with Crippen LogP contribution in [-0.4, -0.2) is 36.2 Å². The number of hydrogen-bond acceptors (Lipinski definition) is 4. The van der Waals surface area contributed by atoms with Crippen LogP contribution >= 0.6 is 0 Å². The Bertz CT molecular complexity index is 193. The topological polar surface area (TPSA) is 75.6 Å². The van der Waals surface area contributed by atoms with Gasteiger partial charge in [-0.25, -0.2) is 0 Å². The summed E-state index contributed by atoms with van der Waals surface area (Å²) in [5.41, 5.74) is 0. The van der Waals surface area contributed by atoms with Crippen LogP contribution in [0.4, 0.5) is 0 Å². The van der Waals surface area contributed by atoms with Gasteiger partial charge in [-0.1, -0.05) is 13.3 Å². The van der Waals surface area contributed by atoms with Crippen molar-refractivity contribution in [3.8, 4) is 0 Å². The lowest BCUT2D eigenvalue weighted by molar-refractivity contribution is -0.146. The second-order valence-corrected chi connectivity index (χ2v) is 2.87. The third-order valence-electron chi connectivity index (χ3n) is 1.65. The van der Waals surface area contributed by atoms with E-state index in [9.17, 15) is 9.59 Å². The Morgan fingerprint density at radius 1 is 1.43 bits per heavy atom. The molecule has 0 aliphatic heterocycles. The first-order valence-corrected chi connectivity index (χ1v) is 4.73. The Morgan fingerprint density at radius 2 is 2.07 bits per heavy atom. The number of esters is 1. The van der Waals surface area contributed by atoms with Crippen molar-refractivity contribution in [2.45, 2.75) is 32.7 Å². The summed E-state index contributed by atoms with van der Waals surface area (Å²) in [4.78, 5) is 21.5. The number of rotatable bonds is 7. The summed E-state index contributed by atoms with van der Waals surface area (Å²) in [6, 6.07) is -0.504. The van der Waals surface area contributed by atoms with E-state index in [2.05, 4.69) is 5.32 Å². The lowest BCUT2D eigenvalue weighted by Gasteiger charge is -2.14. The fraction of sp³-hybridized carbons (Fsp3) is 0.778. The van der Waals surface area contributed by atoms with Gasteiger partial charge >= 0.3 is 11.9 Å². The Balaban J connectivity index is 3.99. The Labute approximate surface area is 83.4 Å². The van der Waals surface area contributed by atoms with Gasteiger partial charge in [-0.15, -0.1) is 0 Å². The number of carbonyl (C=O) groups is 2. The quantitative estimate of drug-likeness (QED) is 0.585. The van der Waals surface area contributed by atoms with Gasteiger partial charge in [0, 0.05) is 0 Å². The standard InChI is InChI=1S/C9H17NO4/c1-3-5-7(9(13)14-4-2)10-6-8(11)12/h7,10H,3-6H2,1-2H3,(H,11,12)/t7-/m0/s1. The lowest BCUT2D eigenvalue weighted by atomic mass is 10.1. The van der Waals surface area contributed by atoms with E-state index in [0.717, 1.165) is 6.42 Å². The van der Waals surface area contributed by atoms with Crippen LogP contribution < -0.4 is 5.32 Å². The number of ether oxygens (including phenoxy) is 1. The molecule has 0 heterocycles. The minimum Gasteiger partial charge on any atom is -0.480 e. The maximum atomic E-state index is 11.3. The number of aliphatic carboxylic acids is 1. The molecule has 0 aromatic heterocycles. The van der Waals surface area contributed by atoms with Gasteiger partial charge in [0.2, 0.25) is 0 Å². The van der Waals surface area contributed by atoms with Gasteiger partial charge in [0.25, 0.3) is 0 Å². The molecular weight excluding hydrogens is 186 g/mol. The monoisotopic (exact) mass is 203 g/mol. The van der Waals surface area contributed by atoms with Crippen LogP contribution in [0.1, 0.15) is 26.7 Å². The van der Waals surface area contributed by atoms with E-state index in [1.807, 2.05) is 6.92 Å². The van der Waals surface area contributed by atoms with Gasteiger partial charge in [-0.3, -0.25) is 14.9 Å². The molecule has 0 aromatic rings. The third kappa shape index (κ3) is 5.53. The van der Waals surface area contributed by atoms with Crippen molar-refractivity contribution in [3.05, 3.63) is 0 Å². The molecule has 5 heteroatoms. The molecule has 0 unspecified atom stereocenters. The summed E-state index contributed by atoms with van der Waals surface area (Å²) >= 11 is 0. The van der Waals surface area contributed by atoms with Crippen LogP contribution in [0, 0.1) is 0 Å². The predicted octanol–water partition coefficient (Wildman–Crippen LogP) is 0.392. The molecule has 0 amide bonds. The molecule has 0 saturated carbocycles. The third-order valence-corrected chi connectivity index (χ3v) is 1.65. The van der Waals surface area contributed by atoms with Gasteiger partial charge in [0.1, 0.15) is 6.04 Å². The smallest absolute Gasteiger partial charge is 0.323 e. The van der Waals surface area contributed by atoms with E-state index in [1.54, 1.807) is 6.92 Å². The van der Waals surface area contributed by atoms with Crippen molar-refractivity contribution in [3.63, 3.8) is 0 Å². The number of carboxylic acids is 1. The summed E-state index contributed by atoms with van der Waals surface area (Å²) in [7, 11) is 0. The molecule has 0 spiro atoms. The first-order chi connectivity index (χ1) is 6.61. The van der Waals surface area contributed by atoms with Gasteiger partial charge in [0.15, 0.2) is 0 Å². The molecule has 1 atom stereocenters. The molecule has 0 rings (SSSR count). The van der Waals surface area contributed by atoms with Crippen LogP contribution in [0.15, 0.2) is 0 Å². The van der Waals surface area contributed by atoms with E-state index in [-0.39, 0.29) is 12.5 Å². The summed E-state index contributed by atoms with van der Waals surface area (Å²) in [5, 5.41) is 11.1. The lowest BCUT2D eigenvalue weighted by Crippen LogP contribution is -2.40. The average molecular weight is 203 g/mol.